The Bertz CT molecular complexity index is 688. The number of pyridine rings is 1. The number of carboxylic acids is 1. The first-order valence-corrected chi connectivity index (χ1v) is 5.64. The molecule has 0 amide bonds. The van der Waals surface area contributed by atoms with Crippen molar-refractivity contribution in [1.29, 1.82) is 0 Å². The smallest absolute Gasteiger partial charge is 0.337 e. The van der Waals surface area contributed by atoms with Gasteiger partial charge in [0.25, 0.3) is 5.56 Å². The number of hydrogen-bond donors (Lipinski definition) is 2. The van der Waals surface area contributed by atoms with E-state index in [0.717, 1.165) is 5.56 Å². The number of H-pyrrole nitrogens is 1. The van der Waals surface area contributed by atoms with Crippen molar-refractivity contribution in [2.45, 2.75) is 6.92 Å². The molecule has 98 valence electrons. The van der Waals surface area contributed by atoms with Crippen molar-refractivity contribution in [2.24, 2.45) is 0 Å². The Hall–Kier alpha value is -2.56. The van der Waals surface area contributed by atoms with Crippen LogP contribution in [0.5, 0.6) is 5.75 Å². The molecule has 5 heteroatoms. The number of carboxylic acid groups (broad SMARTS) is 1. The molecule has 0 radical (unpaired) electrons. The number of aromatic carboxylic acids is 1. The Morgan fingerprint density at radius 2 is 2.00 bits per heavy atom. The quantitative estimate of drug-likeness (QED) is 0.884. The van der Waals surface area contributed by atoms with Gasteiger partial charge in [0.05, 0.1) is 12.7 Å². The minimum atomic E-state index is -1.08. The van der Waals surface area contributed by atoms with Crippen LogP contribution in [0.3, 0.4) is 0 Å². The molecule has 0 atom stereocenters. The summed E-state index contributed by atoms with van der Waals surface area (Å²) in [5.41, 5.74) is 1.58. The van der Waals surface area contributed by atoms with Gasteiger partial charge in [-0.1, -0.05) is 6.07 Å². The normalized spacial score (nSPS) is 10.2. The lowest BCUT2D eigenvalue weighted by atomic mass is 10.0. The van der Waals surface area contributed by atoms with Crippen LogP contribution >= 0.6 is 0 Å². The second-order valence-corrected chi connectivity index (χ2v) is 4.12. The van der Waals surface area contributed by atoms with Gasteiger partial charge in [-0.25, -0.2) is 4.79 Å². The maximum absolute atomic E-state index is 11.8. The number of hydrogen-bond acceptors (Lipinski definition) is 3. The largest absolute Gasteiger partial charge is 0.497 e. The Balaban J connectivity index is 2.61. The monoisotopic (exact) mass is 259 g/mol. The van der Waals surface area contributed by atoms with E-state index in [1.165, 1.54) is 12.3 Å². The number of aromatic nitrogens is 1. The van der Waals surface area contributed by atoms with Crippen LogP contribution in [0.25, 0.3) is 11.1 Å². The summed E-state index contributed by atoms with van der Waals surface area (Å²) >= 11 is 0. The molecule has 2 N–H and O–H groups in total. The first-order chi connectivity index (χ1) is 9.02. The molecule has 1 aromatic heterocycles. The van der Waals surface area contributed by atoms with Crippen LogP contribution in [-0.4, -0.2) is 23.2 Å². The Morgan fingerprint density at radius 1 is 1.26 bits per heavy atom. The highest BCUT2D eigenvalue weighted by Crippen LogP contribution is 2.24. The van der Waals surface area contributed by atoms with Crippen molar-refractivity contribution < 1.29 is 14.6 Å². The lowest BCUT2D eigenvalue weighted by Crippen LogP contribution is -2.11. The highest BCUT2D eigenvalue weighted by molar-refractivity contribution is 5.89. The summed E-state index contributed by atoms with van der Waals surface area (Å²) in [6.07, 6.45) is 1.19. The predicted octanol–water partition coefficient (Wildman–Crippen LogP) is 2.06. The van der Waals surface area contributed by atoms with Crippen molar-refractivity contribution in [2.75, 3.05) is 7.11 Å². The molecule has 0 unspecified atom stereocenters. The molecule has 0 aliphatic carbocycles. The third kappa shape index (κ3) is 2.49. The zero-order valence-electron chi connectivity index (χ0n) is 10.6. The maximum Gasteiger partial charge on any atom is 0.337 e. The molecule has 19 heavy (non-hydrogen) atoms. The van der Waals surface area contributed by atoms with Crippen molar-refractivity contribution in [3.05, 3.63) is 51.9 Å². The molecule has 1 heterocycles. The number of ether oxygens (including phenoxy) is 1. The third-order valence-electron chi connectivity index (χ3n) is 2.87. The van der Waals surface area contributed by atoms with Crippen LogP contribution in [0.2, 0.25) is 0 Å². The van der Waals surface area contributed by atoms with Crippen LogP contribution in [0.4, 0.5) is 0 Å². The van der Waals surface area contributed by atoms with Crippen molar-refractivity contribution in [3.63, 3.8) is 0 Å². The van der Waals surface area contributed by atoms with Gasteiger partial charge < -0.3 is 14.8 Å². The Labute approximate surface area is 109 Å². The lowest BCUT2D eigenvalue weighted by molar-refractivity contribution is 0.0696. The number of rotatable bonds is 3. The van der Waals surface area contributed by atoms with E-state index in [-0.39, 0.29) is 11.1 Å². The molecule has 1 aromatic carbocycles. The fraction of sp³-hybridized carbons (Fsp3) is 0.143. The minimum absolute atomic E-state index is 0.0461. The van der Waals surface area contributed by atoms with E-state index >= 15 is 0 Å². The summed E-state index contributed by atoms with van der Waals surface area (Å²) in [4.78, 5) is 25.2. The fourth-order valence-electron chi connectivity index (χ4n) is 1.87. The van der Waals surface area contributed by atoms with Crippen LogP contribution in [-0.2, 0) is 0 Å². The number of aromatic amines is 1. The van der Waals surface area contributed by atoms with Gasteiger partial charge in [-0.15, -0.1) is 0 Å². The molecule has 0 aliphatic heterocycles. The summed E-state index contributed by atoms with van der Waals surface area (Å²) in [5.74, 6) is -0.393. The molecule has 0 saturated carbocycles. The van der Waals surface area contributed by atoms with Crippen LogP contribution in [0.15, 0.2) is 35.3 Å². The molecular weight excluding hydrogens is 246 g/mol. The van der Waals surface area contributed by atoms with Gasteiger partial charge in [0, 0.05) is 11.8 Å². The Kier molecular flexibility index (Phi) is 3.37. The van der Waals surface area contributed by atoms with Gasteiger partial charge in [-0.3, -0.25) is 4.79 Å². The molecule has 0 aliphatic rings. The zero-order valence-corrected chi connectivity index (χ0v) is 10.6. The topological polar surface area (TPSA) is 79.4 Å². The molecule has 0 bridgehead atoms. The standard InChI is InChI=1S/C14H13NO4/c1-8-5-10(19-2)3-4-11(8)12-6-9(14(17)18)7-15-13(12)16/h3-7H,1-2H3,(H,15,16)(H,17,18). The van der Waals surface area contributed by atoms with E-state index < -0.39 is 5.97 Å². The highest BCUT2D eigenvalue weighted by Gasteiger charge is 2.11. The van der Waals surface area contributed by atoms with E-state index in [9.17, 15) is 9.59 Å². The molecule has 0 spiro atoms. The molecule has 0 fully saturated rings. The molecule has 0 saturated heterocycles. The number of aryl methyl sites for hydroxylation is 1. The maximum atomic E-state index is 11.8. The van der Waals surface area contributed by atoms with E-state index in [2.05, 4.69) is 4.98 Å². The summed E-state index contributed by atoms with van der Waals surface area (Å²) < 4.78 is 5.10. The zero-order chi connectivity index (χ0) is 14.0. The summed E-state index contributed by atoms with van der Waals surface area (Å²) in [6, 6.07) is 6.64. The Morgan fingerprint density at radius 3 is 2.58 bits per heavy atom. The van der Waals surface area contributed by atoms with Gasteiger partial charge in [0.15, 0.2) is 0 Å². The van der Waals surface area contributed by atoms with Gasteiger partial charge >= 0.3 is 5.97 Å². The van der Waals surface area contributed by atoms with Gasteiger partial charge in [0.1, 0.15) is 5.75 Å². The average molecular weight is 259 g/mol. The average Bonchev–Trinajstić information content (AvgIpc) is 2.39. The molecule has 2 aromatic rings. The number of carbonyl (C=O) groups is 1. The third-order valence-corrected chi connectivity index (χ3v) is 2.87. The van der Waals surface area contributed by atoms with E-state index in [0.29, 0.717) is 16.9 Å². The SMILES string of the molecule is COc1ccc(-c2cc(C(=O)O)c[nH]c2=O)c(C)c1. The number of benzene rings is 1. The van der Waals surface area contributed by atoms with Crippen molar-refractivity contribution in [3.8, 4) is 16.9 Å². The van der Waals surface area contributed by atoms with E-state index in [4.69, 9.17) is 9.84 Å². The van der Waals surface area contributed by atoms with E-state index in [1.807, 2.05) is 6.92 Å². The van der Waals surface area contributed by atoms with Gasteiger partial charge in [-0.05, 0) is 36.2 Å². The van der Waals surface area contributed by atoms with Crippen molar-refractivity contribution >= 4 is 5.97 Å². The number of nitrogens with one attached hydrogen (secondary N) is 1. The fourth-order valence-corrected chi connectivity index (χ4v) is 1.87. The van der Waals surface area contributed by atoms with Crippen molar-refractivity contribution in [1.82, 2.24) is 4.98 Å². The van der Waals surface area contributed by atoms with E-state index in [1.54, 1.807) is 25.3 Å². The van der Waals surface area contributed by atoms with Crippen LogP contribution in [0.1, 0.15) is 15.9 Å². The second kappa shape index (κ2) is 4.97. The summed E-state index contributed by atoms with van der Waals surface area (Å²) in [7, 11) is 1.56. The summed E-state index contributed by atoms with van der Waals surface area (Å²) in [6.45, 7) is 1.84. The second-order valence-electron chi connectivity index (χ2n) is 4.12. The number of methoxy groups -OCH3 is 1. The molecule has 5 nitrogen and oxygen atoms in total. The van der Waals surface area contributed by atoms with Crippen LogP contribution in [0, 0.1) is 6.92 Å². The van der Waals surface area contributed by atoms with Gasteiger partial charge in [0.2, 0.25) is 0 Å². The molecular formula is C14H13NO4. The van der Waals surface area contributed by atoms with Crippen LogP contribution < -0.4 is 10.3 Å². The first kappa shape index (κ1) is 12.9. The van der Waals surface area contributed by atoms with Gasteiger partial charge in [-0.2, -0.15) is 0 Å². The summed E-state index contributed by atoms with van der Waals surface area (Å²) in [5, 5.41) is 8.96. The minimum Gasteiger partial charge on any atom is -0.497 e. The molecule has 2 rings (SSSR count). The highest BCUT2D eigenvalue weighted by atomic mass is 16.5. The first-order valence-electron chi connectivity index (χ1n) is 5.64. The predicted molar refractivity (Wildman–Crippen MR) is 70.7 cm³/mol. The lowest BCUT2D eigenvalue weighted by Gasteiger charge is -2.08.